The maximum atomic E-state index is 13.3. The zero-order valence-corrected chi connectivity index (χ0v) is 10.9. The predicted octanol–water partition coefficient (Wildman–Crippen LogP) is 3.24. The van der Waals surface area contributed by atoms with E-state index in [0.29, 0.717) is 11.1 Å². The lowest BCUT2D eigenvalue weighted by atomic mass is 10.0. The average molecular weight is 341 g/mol. The lowest BCUT2D eigenvalue weighted by molar-refractivity contribution is 0.103. The van der Waals surface area contributed by atoms with Gasteiger partial charge >= 0.3 is 0 Å². The Labute approximate surface area is 112 Å². The first-order valence-electron chi connectivity index (χ1n) is 4.94. The van der Waals surface area contributed by atoms with Crippen molar-refractivity contribution < 1.29 is 9.18 Å². The van der Waals surface area contributed by atoms with Crippen LogP contribution in [0, 0.1) is 9.39 Å². The average Bonchev–Trinajstić information content (AvgIpc) is 2.32. The third-order valence-corrected chi connectivity index (χ3v) is 3.32. The van der Waals surface area contributed by atoms with Crippen LogP contribution in [0.15, 0.2) is 42.5 Å². The van der Waals surface area contributed by atoms with Gasteiger partial charge in [-0.2, -0.15) is 0 Å². The van der Waals surface area contributed by atoms with Crippen LogP contribution >= 0.6 is 22.6 Å². The van der Waals surface area contributed by atoms with E-state index >= 15 is 0 Å². The molecule has 2 aromatic rings. The Morgan fingerprint density at radius 2 is 1.88 bits per heavy atom. The molecule has 0 aliphatic rings. The van der Waals surface area contributed by atoms with Crippen LogP contribution in [0.25, 0.3) is 0 Å². The highest BCUT2D eigenvalue weighted by Gasteiger charge is 2.13. The van der Waals surface area contributed by atoms with Crippen LogP contribution in [-0.2, 0) is 0 Å². The summed E-state index contributed by atoms with van der Waals surface area (Å²) in [5.41, 5.74) is 6.29. The lowest BCUT2D eigenvalue weighted by Gasteiger charge is -2.04. The summed E-state index contributed by atoms with van der Waals surface area (Å²) in [7, 11) is 0. The number of halogens is 2. The molecule has 0 saturated carbocycles. The van der Waals surface area contributed by atoms with Gasteiger partial charge in [0.25, 0.3) is 0 Å². The second-order valence-electron chi connectivity index (χ2n) is 3.55. The van der Waals surface area contributed by atoms with Crippen LogP contribution < -0.4 is 5.73 Å². The molecular weight excluding hydrogens is 332 g/mol. The maximum absolute atomic E-state index is 13.3. The minimum Gasteiger partial charge on any atom is -0.396 e. The molecule has 17 heavy (non-hydrogen) atoms. The molecule has 0 unspecified atom stereocenters. The molecule has 0 bridgehead atoms. The van der Waals surface area contributed by atoms with Gasteiger partial charge in [0, 0.05) is 14.7 Å². The SMILES string of the molecule is Nc1ccc(C(=O)c2ccccc2I)cc1F. The van der Waals surface area contributed by atoms with Gasteiger partial charge in [0.15, 0.2) is 5.78 Å². The van der Waals surface area contributed by atoms with E-state index in [1.165, 1.54) is 18.2 Å². The van der Waals surface area contributed by atoms with E-state index < -0.39 is 5.82 Å². The summed E-state index contributed by atoms with van der Waals surface area (Å²) in [5, 5.41) is 0. The highest BCUT2D eigenvalue weighted by Crippen LogP contribution is 2.19. The fourth-order valence-corrected chi connectivity index (χ4v) is 2.10. The number of rotatable bonds is 2. The third kappa shape index (κ3) is 2.46. The molecule has 0 aromatic heterocycles. The summed E-state index contributed by atoms with van der Waals surface area (Å²) in [4.78, 5) is 12.1. The van der Waals surface area contributed by atoms with Crippen LogP contribution in [0.4, 0.5) is 10.1 Å². The number of anilines is 1. The maximum Gasteiger partial charge on any atom is 0.194 e. The topological polar surface area (TPSA) is 43.1 Å². The van der Waals surface area contributed by atoms with Crippen molar-refractivity contribution in [2.24, 2.45) is 0 Å². The van der Waals surface area contributed by atoms with Gasteiger partial charge < -0.3 is 5.73 Å². The Kier molecular flexibility index (Phi) is 3.42. The zero-order chi connectivity index (χ0) is 12.4. The number of ketones is 1. The van der Waals surface area contributed by atoms with E-state index in [1.807, 2.05) is 12.1 Å². The van der Waals surface area contributed by atoms with Crippen molar-refractivity contribution in [3.63, 3.8) is 0 Å². The summed E-state index contributed by atoms with van der Waals surface area (Å²) in [5.74, 6) is -0.768. The van der Waals surface area contributed by atoms with E-state index in [9.17, 15) is 9.18 Å². The van der Waals surface area contributed by atoms with Gasteiger partial charge in [0.05, 0.1) is 5.69 Å². The van der Waals surface area contributed by atoms with Gasteiger partial charge in [-0.3, -0.25) is 4.79 Å². The van der Waals surface area contributed by atoms with Gasteiger partial charge in [-0.25, -0.2) is 4.39 Å². The van der Waals surface area contributed by atoms with E-state index in [-0.39, 0.29) is 11.5 Å². The Morgan fingerprint density at radius 1 is 1.18 bits per heavy atom. The normalized spacial score (nSPS) is 10.2. The van der Waals surface area contributed by atoms with Crippen LogP contribution in [0.2, 0.25) is 0 Å². The third-order valence-electron chi connectivity index (χ3n) is 2.38. The fraction of sp³-hybridized carbons (Fsp3) is 0. The highest BCUT2D eigenvalue weighted by molar-refractivity contribution is 14.1. The van der Waals surface area contributed by atoms with Gasteiger partial charge in [-0.1, -0.05) is 12.1 Å². The van der Waals surface area contributed by atoms with Crippen molar-refractivity contribution in [3.8, 4) is 0 Å². The molecule has 0 fully saturated rings. The van der Waals surface area contributed by atoms with E-state index in [2.05, 4.69) is 22.6 Å². The number of nitrogen functional groups attached to an aromatic ring is 1. The van der Waals surface area contributed by atoms with Gasteiger partial charge in [0.2, 0.25) is 0 Å². The number of hydrogen-bond acceptors (Lipinski definition) is 2. The van der Waals surface area contributed by atoms with Crippen LogP contribution in [0.3, 0.4) is 0 Å². The van der Waals surface area contributed by atoms with Crippen LogP contribution in [-0.4, -0.2) is 5.78 Å². The summed E-state index contributed by atoms with van der Waals surface area (Å²) >= 11 is 2.08. The Balaban J connectivity index is 2.44. The lowest BCUT2D eigenvalue weighted by Crippen LogP contribution is -2.04. The second kappa shape index (κ2) is 4.83. The van der Waals surface area contributed by atoms with Crippen molar-refractivity contribution in [2.45, 2.75) is 0 Å². The molecule has 4 heteroatoms. The number of carbonyl (C=O) groups is 1. The van der Waals surface area contributed by atoms with E-state index in [4.69, 9.17) is 5.73 Å². The first-order valence-corrected chi connectivity index (χ1v) is 6.01. The molecule has 0 atom stereocenters. The van der Waals surface area contributed by atoms with Gasteiger partial charge in [-0.15, -0.1) is 0 Å². The monoisotopic (exact) mass is 341 g/mol. The van der Waals surface area contributed by atoms with Crippen molar-refractivity contribution in [1.29, 1.82) is 0 Å². The Bertz CT molecular complexity index is 583. The number of benzene rings is 2. The van der Waals surface area contributed by atoms with Crippen LogP contribution in [0.5, 0.6) is 0 Å². The molecule has 0 amide bonds. The van der Waals surface area contributed by atoms with Crippen molar-refractivity contribution in [1.82, 2.24) is 0 Å². The van der Waals surface area contributed by atoms with E-state index in [0.717, 1.165) is 3.57 Å². The Morgan fingerprint density at radius 3 is 2.53 bits per heavy atom. The number of hydrogen-bond donors (Lipinski definition) is 1. The summed E-state index contributed by atoms with van der Waals surface area (Å²) < 4.78 is 14.1. The van der Waals surface area contributed by atoms with Gasteiger partial charge in [0.1, 0.15) is 5.82 Å². The highest BCUT2D eigenvalue weighted by atomic mass is 127. The van der Waals surface area contributed by atoms with Crippen molar-refractivity contribution in [3.05, 3.63) is 63.0 Å². The standard InChI is InChI=1S/C13H9FINO/c14-10-7-8(5-6-12(10)16)13(17)9-3-1-2-4-11(9)15/h1-7H,16H2. The first-order chi connectivity index (χ1) is 8.09. The molecule has 2 N–H and O–H groups in total. The van der Waals surface area contributed by atoms with Crippen molar-refractivity contribution in [2.75, 3.05) is 5.73 Å². The molecule has 0 aliphatic carbocycles. The number of carbonyl (C=O) groups excluding carboxylic acids is 1. The minimum absolute atomic E-state index is 0.0457. The minimum atomic E-state index is -0.568. The molecule has 2 nitrogen and oxygen atoms in total. The summed E-state index contributed by atoms with van der Waals surface area (Å²) in [6.45, 7) is 0. The quantitative estimate of drug-likeness (QED) is 0.518. The molecule has 0 heterocycles. The van der Waals surface area contributed by atoms with Crippen molar-refractivity contribution >= 4 is 34.1 Å². The molecule has 2 aromatic carbocycles. The molecule has 0 radical (unpaired) electrons. The predicted molar refractivity (Wildman–Crippen MR) is 73.4 cm³/mol. The molecule has 86 valence electrons. The smallest absolute Gasteiger partial charge is 0.194 e. The molecular formula is C13H9FINO. The number of nitrogens with two attached hydrogens (primary N) is 1. The first kappa shape index (κ1) is 12.0. The molecule has 0 saturated heterocycles. The molecule has 0 aliphatic heterocycles. The Hall–Kier alpha value is -1.43. The largest absolute Gasteiger partial charge is 0.396 e. The molecule has 2 rings (SSSR count). The fourth-order valence-electron chi connectivity index (χ4n) is 1.47. The van der Waals surface area contributed by atoms with E-state index in [1.54, 1.807) is 12.1 Å². The summed E-state index contributed by atoms with van der Waals surface area (Å²) in [6, 6.07) is 11.3. The van der Waals surface area contributed by atoms with Crippen LogP contribution in [0.1, 0.15) is 15.9 Å². The zero-order valence-electron chi connectivity index (χ0n) is 8.78. The second-order valence-corrected chi connectivity index (χ2v) is 4.71. The van der Waals surface area contributed by atoms with Gasteiger partial charge in [-0.05, 0) is 52.9 Å². The molecule has 0 spiro atoms. The summed E-state index contributed by atoms with van der Waals surface area (Å²) in [6.07, 6.45) is 0.